The summed E-state index contributed by atoms with van der Waals surface area (Å²) in [5.74, 6) is -2.88. The van der Waals surface area contributed by atoms with Gasteiger partial charge in [0.05, 0.1) is 5.92 Å². The second-order valence-electron chi connectivity index (χ2n) is 5.29. The average Bonchev–Trinajstić information content (AvgIpc) is 2.37. The number of nitrogens with two attached hydrogens (primary N) is 1. The van der Waals surface area contributed by atoms with Crippen LogP contribution in [0.4, 0.5) is 13.2 Å². The van der Waals surface area contributed by atoms with E-state index in [-0.39, 0.29) is 12.5 Å². The number of hydrogen-bond donors (Lipinski definition) is 2. The standard InChI is InChI=1S/C13H23F3N2O/c1-2-9(17)7-8-18-12(19)10-5-3-4-6-11(10)13(14,15)16/h9-11H,2-8,17H2,1H3,(H,18,19). The maximum absolute atomic E-state index is 12.9. The third kappa shape index (κ3) is 5.01. The van der Waals surface area contributed by atoms with Crippen molar-refractivity contribution in [2.45, 2.75) is 57.7 Å². The summed E-state index contributed by atoms with van der Waals surface area (Å²) in [6.45, 7) is 2.29. The van der Waals surface area contributed by atoms with Crippen LogP contribution in [0.5, 0.6) is 0 Å². The molecule has 1 rings (SSSR count). The lowest BCUT2D eigenvalue weighted by atomic mass is 9.78. The maximum Gasteiger partial charge on any atom is 0.392 e. The lowest BCUT2D eigenvalue weighted by Crippen LogP contribution is -2.43. The fraction of sp³-hybridized carbons (Fsp3) is 0.923. The second-order valence-corrected chi connectivity index (χ2v) is 5.29. The molecule has 3 nitrogen and oxygen atoms in total. The molecular weight excluding hydrogens is 257 g/mol. The van der Waals surface area contributed by atoms with Crippen molar-refractivity contribution in [3.63, 3.8) is 0 Å². The quantitative estimate of drug-likeness (QED) is 0.813. The number of amides is 1. The van der Waals surface area contributed by atoms with Crippen molar-refractivity contribution in [3.05, 3.63) is 0 Å². The minimum Gasteiger partial charge on any atom is -0.356 e. The first-order chi connectivity index (χ1) is 8.86. The van der Waals surface area contributed by atoms with Crippen LogP contribution in [0.2, 0.25) is 0 Å². The Morgan fingerprint density at radius 1 is 1.37 bits per heavy atom. The number of alkyl halides is 3. The molecule has 0 radical (unpaired) electrons. The molecule has 0 aromatic rings. The van der Waals surface area contributed by atoms with Crippen molar-refractivity contribution in [3.8, 4) is 0 Å². The Kier molecular flexibility index (Phi) is 6.10. The van der Waals surface area contributed by atoms with E-state index in [1.165, 1.54) is 0 Å². The average molecular weight is 280 g/mol. The van der Waals surface area contributed by atoms with Gasteiger partial charge in [-0.1, -0.05) is 19.8 Å². The summed E-state index contributed by atoms with van der Waals surface area (Å²) in [4.78, 5) is 11.9. The molecule has 19 heavy (non-hydrogen) atoms. The number of carbonyl (C=O) groups excluding carboxylic acids is 1. The molecule has 0 aromatic heterocycles. The molecule has 1 amide bonds. The highest BCUT2D eigenvalue weighted by Crippen LogP contribution is 2.41. The van der Waals surface area contributed by atoms with Crippen molar-refractivity contribution >= 4 is 5.91 Å². The zero-order valence-corrected chi connectivity index (χ0v) is 11.3. The van der Waals surface area contributed by atoms with Gasteiger partial charge < -0.3 is 11.1 Å². The summed E-state index contributed by atoms with van der Waals surface area (Å²) in [6, 6.07) is -0.00920. The van der Waals surface area contributed by atoms with Gasteiger partial charge in [0.1, 0.15) is 0 Å². The maximum atomic E-state index is 12.9. The molecule has 1 aliphatic carbocycles. The zero-order valence-electron chi connectivity index (χ0n) is 11.3. The molecule has 112 valence electrons. The summed E-state index contributed by atoms with van der Waals surface area (Å²) in [5.41, 5.74) is 5.70. The molecule has 1 fully saturated rings. The lowest BCUT2D eigenvalue weighted by molar-refractivity contribution is -0.198. The molecule has 0 aliphatic heterocycles. The Labute approximate surface area is 112 Å². The molecule has 3 N–H and O–H groups in total. The smallest absolute Gasteiger partial charge is 0.356 e. The van der Waals surface area contributed by atoms with Crippen LogP contribution >= 0.6 is 0 Å². The van der Waals surface area contributed by atoms with Gasteiger partial charge in [-0.15, -0.1) is 0 Å². The largest absolute Gasteiger partial charge is 0.392 e. The first-order valence-corrected chi connectivity index (χ1v) is 6.96. The highest BCUT2D eigenvalue weighted by molar-refractivity contribution is 5.79. The van der Waals surface area contributed by atoms with Gasteiger partial charge in [-0.3, -0.25) is 4.79 Å². The summed E-state index contributed by atoms with van der Waals surface area (Å²) in [6.07, 6.45) is -1.24. The van der Waals surface area contributed by atoms with Gasteiger partial charge in [-0.2, -0.15) is 13.2 Å². The van der Waals surface area contributed by atoms with Crippen molar-refractivity contribution in [2.24, 2.45) is 17.6 Å². The monoisotopic (exact) mass is 280 g/mol. The molecule has 3 atom stereocenters. The van der Waals surface area contributed by atoms with Gasteiger partial charge >= 0.3 is 6.18 Å². The first kappa shape index (κ1) is 16.3. The van der Waals surface area contributed by atoms with E-state index in [0.29, 0.717) is 32.2 Å². The summed E-state index contributed by atoms with van der Waals surface area (Å²) in [7, 11) is 0. The predicted molar refractivity (Wildman–Crippen MR) is 67.4 cm³/mol. The Bertz CT molecular complexity index is 294. The minimum atomic E-state index is -4.28. The Hall–Kier alpha value is -0.780. The highest BCUT2D eigenvalue weighted by atomic mass is 19.4. The van der Waals surface area contributed by atoms with Gasteiger partial charge in [0.15, 0.2) is 0 Å². The Morgan fingerprint density at radius 3 is 2.58 bits per heavy atom. The topological polar surface area (TPSA) is 55.1 Å². The van der Waals surface area contributed by atoms with E-state index in [9.17, 15) is 18.0 Å². The van der Waals surface area contributed by atoms with Crippen LogP contribution in [0.3, 0.4) is 0 Å². The van der Waals surface area contributed by atoms with E-state index in [1.54, 1.807) is 0 Å². The number of carbonyl (C=O) groups is 1. The third-order valence-electron chi connectivity index (χ3n) is 3.86. The van der Waals surface area contributed by atoms with Crippen molar-refractivity contribution in [1.29, 1.82) is 0 Å². The summed E-state index contributed by atoms with van der Waals surface area (Å²) >= 11 is 0. The van der Waals surface area contributed by atoms with E-state index in [0.717, 1.165) is 6.42 Å². The minimum absolute atomic E-state index is 0.00920. The van der Waals surface area contributed by atoms with Crippen molar-refractivity contribution < 1.29 is 18.0 Å². The fourth-order valence-electron chi connectivity index (χ4n) is 2.55. The molecule has 0 aromatic carbocycles. The summed E-state index contributed by atoms with van der Waals surface area (Å²) in [5, 5.41) is 2.60. The Morgan fingerprint density at radius 2 is 2.00 bits per heavy atom. The number of halogens is 3. The van der Waals surface area contributed by atoms with Crippen LogP contribution < -0.4 is 11.1 Å². The van der Waals surface area contributed by atoms with Crippen LogP contribution in [0.25, 0.3) is 0 Å². The summed E-state index contributed by atoms with van der Waals surface area (Å²) < 4.78 is 38.6. The number of nitrogens with one attached hydrogen (secondary N) is 1. The van der Waals surface area contributed by atoms with Gasteiger partial charge in [0, 0.05) is 18.5 Å². The van der Waals surface area contributed by atoms with E-state index >= 15 is 0 Å². The number of hydrogen-bond acceptors (Lipinski definition) is 2. The predicted octanol–water partition coefficient (Wildman–Crippen LogP) is 2.60. The van der Waals surface area contributed by atoms with E-state index in [4.69, 9.17) is 5.73 Å². The molecule has 0 saturated heterocycles. The second kappa shape index (κ2) is 7.12. The SMILES string of the molecule is CCC(N)CCNC(=O)C1CCCCC1C(F)(F)F. The zero-order chi connectivity index (χ0) is 14.5. The number of rotatable bonds is 5. The lowest BCUT2D eigenvalue weighted by Gasteiger charge is -2.32. The van der Waals surface area contributed by atoms with Gasteiger partial charge in [0.25, 0.3) is 0 Å². The van der Waals surface area contributed by atoms with Crippen LogP contribution in [0.1, 0.15) is 45.4 Å². The molecular formula is C13H23F3N2O. The van der Waals surface area contributed by atoms with Crippen molar-refractivity contribution in [2.75, 3.05) is 6.54 Å². The molecule has 3 unspecified atom stereocenters. The van der Waals surface area contributed by atoms with E-state index in [2.05, 4.69) is 5.32 Å². The van der Waals surface area contributed by atoms with Crippen LogP contribution in [-0.2, 0) is 4.79 Å². The fourth-order valence-corrected chi connectivity index (χ4v) is 2.55. The third-order valence-corrected chi connectivity index (χ3v) is 3.86. The molecule has 1 saturated carbocycles. The van der Waals surface area contributed by atoms with Crippen LogP contribution in [0, 0.1) is 11.8 Å². The molecule has 0 bridgehead atoms. The molecule has 0 spiro atoms. The van der Waals surface area contributed by atoms with E-state index in [1.807, 2.05) is 6.92 Å². The molecule has 0 heterocycles. The van der Waals surface area contributed by atoms with Gasteiger partial charge in [-0.05, 0) is 25.7 Å². The van der Waals surface area contributed by atoms with Gasteiger partial charge in [0.2, 0.25) is 5.91 Å². The molecule has 1 aliphatic rings. The van der Waals surface area contributed by atoms with Gasteiger partial charge in [-0.25, -0.2) is 0 Å². The normalized spacial score (nSPS) is 25.9. The van der Waals surface area contributed by atoms with Crippen molar-refractivity contribution in [1.82, 2.24) is 5.32 Å². The van der Waals surface area contributed by atoms with E-state index < -0.39 is 23.9 Å². The first-order valence-electron chi connectivity index (χ1n) is 6.96. The molecule has 6 heteroatoms. The Balaban J connectivity index is 2.48. The highest BCUT2D eigenvalue weighted by Gasteiger charge is 2.47. The van der Waals surface area contributed by atoms with Crippen LogP contribution in [-0.4, -0.2) is 24.7 Å². The van der Waals surface area contributed by atoms with Crippen LogP contribution in [0.15, 0.2) is 0 Å².